The Morgan fingerprint density at radius 2 is 1.95 bits per heavy atom. The van der Waals surface area contributed by atoms with Gasteiger partial charge in [0.15, 0.2) is 0 Å². The zero-order valence-corrected chi connectivity index (χ0v) is 12.3. The summed E-state index contributed by atoms with van der Waals surface area (Å²) in [6.07, 6.45) is 3.04. The molecular formula is C14H20FNO3S. The fourth-order valence-corrected chi connectivity index (χ4v) is 4.17. The summed E-state index contributed by atoms with van der Waals surface area (Å²) in [5.74, 6) is -0.286. The first-order chi connectivity index (χ1) is 9.42. The lowest BCUT2D eigenvalue weighted by Gasteiger charge is -2.27. The van der Waals surface area contributed by atoms with E-state index in [0.29, 0.717) is 18.4 Å². The first kappa shape index (κ1) is 15.4. The molecule has 0 aromatic heterocycles. The number of hydrogen-bond acceptors (Lipinski definition) is 3. The smallest absolute Gasteiger partial charge is 0.241 e. The fourth-order valence-electron chi connectivity index (χ4n) is 2.61. The summed E-state index contributed by atoms with van der Waals surface area (Å²) < 4.78 is 40.5. The highest BCUT2D eigenvalue weighted by Gasteiger charge is 2.26. The van der Waals surface area contributed by atoms with Crippen molar-refractivity contribution in [3.8, 4) is 0 Å². The van der Waals surface area contributed by atoms with Gasteiger partial charge >= 0.3 is 0 Å². The largest absolute Gasteiger partial charge is 0.396 e. The standard InChI is InChI=1S/C14H20FNO3S/c1-10-2-5-12(15)8-14(10)20(18,19)16-13-6-3-11(9-17)4-7-13/h2,5,8,11,13,16-17H,3-4,6-7,9H2,1H3. The molecule has 0 spiro atoms. The van der Waals surface area contributed by atoms with Crippen LogP contribution in [0, 0.1) is 18.7 Å². The van der Waals surface area contributed by atoms with Crippen molar-refractivity contribution in [3.05, 3.63) is 29.6 Å². The van der Waals surface area contributed by atoms with Crippen LogP contribution in [0.15, 0.2) is 23.1 Å². The van der Waals surface area contributed by atoms with E-state index in [9.17, 15) is 12.8 Å². The Hall–Kier alpha value is -0.980. The number of aliphatic hydroxyl groups excluding tert-OH is 1. The maximum absolute atomic E-state index is 13.2. The zero-order chi connectivity index (χ0) is 14.8. The molecular weight excluding hydrogens is 281 g/mol. The Morgan fingerprint density at radius 1 is 1.30 bits per heavy atom. The molecule has 2 N–H and O–H groups in total. The third kappa shape index (κ3) is 3.56. The second kappa shape index (κ2) is 6.20. The van der Waals surface area contributed by atoms with Crippen LogP contribution in [-0.2, 0) is 10.0 Å². The summed E-state index contributed by atoms with van der Waals surface area (Å²) in [6, 6.07) is 3.63. The molecule has 1 aliphatic carbocycles. The quantitative estimate of drug-likeness (QED) is 0.893. The Bertz CT molecular complexity index is 566. The molecule has 0 heterocycles. The van der Waals surface area contributed by atoms with Gasteiger partial charge < -0.3 is 5.11 Å². The summed E-state index contributed by atoms with van der Waals surface area (Å²) >= 11 is 0. The lowest BCUT2D eigenvalue weighted by atomic mass is 9.87. The number of hydrogen-bond donors (Lipinski definition) is 2. The van der Waals surface area contributed by atoms with Crippen molar-refractivity contribution in [2.24, 2.45) is 5.92 Å². The number of nitrogens with one attached hydrogen (secondary N) is 1. The highest BCUT2D eigenvalue weighted by atomic mass is 32.2. The lowest BCUT2D eigenvalue weighted by molar-refractivity contribution is 0.180. The van der Waals surface area contributed by atoms with Gasteiger partial charge in [-0.1, -0.05) is 6.07 Å². The average molecular weight is 301 g/mol. The van der Waals surface area contributed by atoms with Gasteiger partial charge in [0, 0.05) is 12.6 Å². The van der Waals surface area contributed by atoms with E-state index in [1.54, 1.807) is 6.92 Å². The highest BCUT2D eigenvalue weighted by Crippen LogP contribution is 2.25. The topological polar surface area (TPSA) is 66.4 Å². The maximum atomic E-state index is 13.2. The second-order valence-electron chi connectivity index (χ2n) is 5.43. The summed E-state index contributed by atoms with van der Waals surface area (Å²) in [7, 11) is -3.69. The van der Waals surface area contributed by atoms with Crippen LogP contribution in [0.25, 0.3) is 0 Å². The Balaban J connectivity index is 2.10. The van der Waals surface area contributed by atoms with E-state index in [2.05, 4.69) is 4.72 Å². The van der Waals surface area contributed by atoms with E-state index in [4.69, 9.17) is 5.11 Å². The minimum atomic E-state index is -3.69. The van der Waals surface area contributed by atoms with Gasteiger partial charge in [0.2, 0.25) is 10.0 Å². The molecule has 6 heteroatoms. The van der Waals surface area contributed by atoms with Crippen molar-refractivity contribution < 1.29 is 17.9 Å². The van der Waals surface area contributed by atoms with E-state index in [1.807, 2.05) is 0 Å². The fraction of sp³-hybridized carbons (Fsp3) is 0.571. The Kier molecular flexibility index (Phi) is 4.78. The number of aliphatic hydroxyl groups is 1. The van der Waals surface area contributed by atoms with Gasteiger partial charge in [-0.2, -0.15) is 0 Å². The van der Waals surface area contributed by atoms with Gasteiger partial charge in [0.05, 0.1) is 4.90 Å². The summed E-state index contributed by atoms with van der Waals surface area (Å²) in [4.78, 5) is 0.00165. The molecule has 1 aromatic rings. The van der Waals surface area contributed by atoms with Crippen molar-refractivity contribution >= 4 is 10.0 Å². The van der Waals surface area contributed by atoms with Gasteiger partial charge in [0.25, 0.3) is 0 Å². The van der Waals surface area contributed by atoms with Gasteiger partial charge in [-0.3, -0.25) is 0 Å². The SMILES string of the molecule is Cc1ccc(F)cc1S(=O)(=O)NC1CCC(CO)CC1. The molecule has 1 aromatic carbocycles. The molecule has 0 atom stereocenters. The number of aryl methyl sites for hydroxylation is 1. The van der Waals surface area contributed by atoms with E-state index in [-0.39, 0.29) is 23.5 Å². The predicted molar refractivity (Wildman–Crippen MR) is 74.3 cm³/mol. The maximum Gasteiger partial charge on any atom is 0.241 e. The minimum absolute atomic E-state index is 0.00165. The first-order valence-corrected chi connectivity index (χ1v) is 8.30. The van der Waals surface area contributed by atoms with Crippen LogP contribution in [0.2, 0.25) is 0 Å². The van der Waals surface area contributed by atoms with Crippen LogP contribution in [0.3, 0.4) is 0 Å². The summed E-state index contributed by atoms with van der Waals surface area (Å²) in [6.45, 7) is 1.80. The van der Waals surface area contributed by atoms with E-state index in [1.165, 1.54) is 12.1 Å². The number of rotatable bonds is 4. The molecule has 1 saturated carbocycles. The van der Waals surface area contributed by atoms with Crippen LogP contribution < -0.4 is 4.72 Å². The summed E-state index contributed by atoms with van der Waals surface area (Å²) in [5, 5.41) is 9.07. The molecule has 0 bridgehead atoms. The van der Waals surface area contributed by atoms with Crippen molar-refractivity contribution in [3.63, 3.8) is 0 Å². The third-order valence-electron chi connectivity index (χ3n) is 3.87. The van der Waals surface area contributed by atoms with Crippen LogP contribution in [0.4, 0.5) is 4.39 Å². The molecule has 0 saturated heterocycles. The van der Waals surface area contributed by atoms with Gasteiger partial charge in [0.1, 0.15) is 5.82 Å². The van der Waals surface area contributed by atoms with Crippen LogP contribution in [0.1, 0.15) is 31.2 Å². The predicted octanol–water partition coefficient (Wildman–Crippen LogP) is 1.96. The molecule has 0 amide bonds. The van der Waals surface area contributed by atoms with Crippen molar-refractivity contribution in [2.45, 2.75) is 43.5 Å². The third-order valence-corrected chi connectivity index (χ3v) is 5.53. The lowest BCUT2D eigenvalue weighted by Crippen LogP contribution is -2.38. The first-order valence-electron chi connectivity index (χ1n) is 6.81. The molecule has 1 fully saturated rings. The number of benzene rings is 1. The van der Waals surface area contributed by atoms with Crippen molar-refractivity contribution in [1.29, 1.82) is 0 Å². The number of sulfonamides is 1. The Morgan fingerprint density at radius 3 is 2.55 bits per heavy atom. The second-order valence-corrected chi connectivity index (χ2v) is 7.11. The van der Waals surface area contributed by atoms with E-state index < -0.39 is 15.8 Å². The van der Waals surface area contributed by atoms with Crippen LogP contribution in [-0.4, -0.2) is 26.2 Å². The molecule has 1 aliphatic rings. The van der Waals surface area contributed by atoms with Gasteiger partial charge in [-0.15, -0.1) is 0 Å². The van der Waals surface area contributed by atoms with Gasteiger partial charge in [-0.05, 0) is 56.2 Å². The molecule has 112 valence electrons. The molecule has 2 rings (SSSR count). The highest BCUT2D eigenvalue weighted by molar-refractivity contribution is 7.89. The number of halogens is 1. The van der Waals surface area contributed by atoms with Crippen LogP contribution >= 0.6 is 0 Å². The van der Waals surface area contributed by atoms with Gasteiger partial charge in [-0.25, -0.2) is 17.5 Å². The molecule has 4 nitrogen and oxygen atoms in total. The zero-order valence-electron chi connectivity index (χ0n) is 11.5. The Labute approximate surface area is 119 Å². The summed E-state index contributed by atoms with van der Waals surface area (Å²) in [5.41, 5.74) is 0.531. The van der Waals surface area contributed by atoms with Crippen molar-refractivity contribution in [2.75, 3.05) is 6.61 Å². The molecule has 0 radical (unpaired) electrons. The van der Waals surface area contributed by atoms with E-state index in [0.717, 1.165) is 18.9 Å². The monoisotopic (exact) mass is 301 g/mol. The molecule has 0 aliphatic heterocycles. The molecule has 0 unspecified atom stereocenters. The average Bonchev–Trinajstić information content (AvgIpc) is 2.42. The van der Waals surface area contributed by atoms with E-state index >= 15 is 0 Å². The normalized spacial score (nSPS) is 23.8. The molecule has 20 heavy (non-hydrogen) atoms. The minimum Gasteiger partial charge on any atom is -0.396 e. The van der Waals surface area contributed by atoms with Crippen LogP contribution in [0.5, 0.6) is 0 Å². The van der Waals surface area contributed by atoms with Crippen molar-refractivity contribution in [1.82, 2.24) is 4.72 Å².